The largest absolute Gasteiger partial charge is 0.412 e. The molecule has 0 saturated heterocycles. The van der Waals surface area contributed by atoms with Crippen LogP contribution in [-0.2, 0) is 34.1 Å². The average Bonchev–Trinajstić information content (AvgIpc) is 2.96. The van der Waals surface area contributed by atoms with Gasteiger partial charge in [0.15, 0.2) is 33.9 Å². The molecule has 0 saturated carbocycles. The Kier molecular flexibility index (Phi) is 13.1. The number of aryl methyl sites for hydroxylation is 3. The van der Waals surface area contributed by atoms with Crippen molar-refractivity contribution in [3.8, 4) is 0 Å². The van der Waals surface area contributed by atoms with E-state index in [1.165, 1.54) is 0 Å². The number of nitrogens with zero attached hydrogens (tertiary/aromatic N) is 12. The van der Waals surface area contributed by atoms with Crippen LogP contribution in [0.1, 0.15) is 17.5 Å². The molecule has 0 aromatic carbocycles. The first kappa shape index (κ1) is 38.4. The van der Waals surface area contributed by atoms with E-state index in [1.807, 2.05) is 54.6 Å². The van der Waals surface area contributed by atoms with Crippen molar-refractivity contribution in [1.82, 2.24) is 59.8 Å². The van der Waals surface area contributed by atoms with Crippen LogP contribution in [0.15, 0.2) is 54.6 Å². The molecule has 240 valence electrons. The molecule has 45 heavy (non-hydrogen) atoms. The predicted molar refractivity (Wildman–Crippen MR) is 160 cm³/mol. The van der Waals surface area contributed by atoms with E-state index in [0.717, 1.165) is 0 Å². The van der Waals surface area contributed by atoms with E-state index < -0.39 is 0 Å². The molecular weight excluding hydrogens is 683 g/mol. The summed E-state index contributed by atoms with van der Waals surface area (Å²) < 4.78 is 0. The molecule has 7 rings (SSSR count). The van der Waals surface area contributed by atoms with Gasteiger partial charge in [0, 0.05) is 34.1 Å². The first-order valence-corrected chi connectivity index (χ1v) is 12.1. The summed E-state index contributed by atoms with van der Waals surface area (Å²) in [5, 5.41) is 0. The fraction of sp³-hybridized carbons (Fsp3) is 0.111. The van der Waals surface area contributed by atoms with E-state index in [1.54, 1.807) is 20.8 Å². The number of aromatic nitrogens is 12. The smallest absolute Gasteiger partial charge is 0.182 e. The average molecular weight is 710 g/mol. The number of fused-ring (bicyclic) bond motifs is 18. The van der Waals surface area contributed by atoms with E-state index in [0.29, 0.717) is 84.5 Å². The van der Waals surface area contributed by atoms with E-state index in [2.05, 4.69) is 29.9 Å². The van der Waals surface area contributed by atoms with Crippen molar-refractivity contribution >= 4 is 67.0 Å². The van der Waals surface area contributed by atoms with Gasteiger partial charge >= 0.3 is 0 Å². The monoisotopic (exact) mass is 708 g/mol. The maximum absolute atomic E-state index is 4.78. The van der Waals surface area contributed by atoms with Crippen LogP contribution in [0.2, 0.25) is 0 Å². The van der Waals surface area contributed by atoms with Gasteiger partial charge in [-0.15, -0.1) is 0 Å². The maximum atomic E-state index is 4.78. The Balaban J connectivity index is 0.00000169. The molecule has 7 aromatic heterocycles. The van der Waals surface area contributed by atoms with Gasteiger partial charge in [0.05, 0.1) is 0 Å². The molecule has 0 amide bonds. The van der Waals surface area contributed by atoms with Gasteiger partial charge in [0.25, 0.3) is 0 Å². The minimum atomic E-state index is 0. The van der Waals surface area contributed by atoms with Gasteiger partial charge in [-0.3, -0.25) is 0 Å². The standard InChI is InChI=1S/C27H18N12.2Cu.4H2O/c1-13-28-22-16-7-4-9-18(34-16)24-30-14(2)32-26(38-24)20-11-6-12-21(36-20)27-33-15(3)31-25(39-27)19-10-5-8-17(35-19)23(29-13)37-22;;;;;;/h4-12H,1-3H3;;;4*1H2. The van der Waals surface area contributed by atoms with Gasteiger partial charge in [-0.2, -0.15) is 0 Å². The Labute approximate surface area is 274 Å². The topological polar surface area (TPSA) is 281 Å². The Bertz CT molecular complexity index is 1880. The van der Waals surface area contributed by atoms with Gasteiger partial charge in [-0.25, -0.2) is 59.8 Å². The number of hydrogen-bond donors (Lipinski definition) is 0. The van der Waals surface area contributed by atoms with E-state index >= 15 is 0 Å². The minimum Gasteiger partial charge on any atom is -0.412 e. The molecule has 0 atom stereocenters. The molecule has 2 radical (unpaired) electrons. The van der Waals surface area contributed by atoms with Crippen molar-refractivity contribution in [1.29, 1.82) is 0 Å². The van der Waals surface area contributed by atoms with E-state index in [9.17, 15) is 0 Å². The molecule has 16 nitrogen and oxygen atoms in total. The van der Waals surface area contributed by atoms with Crippen molar-refractivity contribution in [2.24, 2.45) is 0 Å². The molecule has 0 aliphatic rings. The summed E-state index contributed by atoms with van der Waals surface area (Å²) in [6.07, 6.45) is 0. The van der Waals surface area contributed by atoms with Crippen LogP contribution >= 0.6 is 0 Å². The zero-order chi connectivity index (χ0) is 26.5. The number of pyridine rings is 3. The quantitative estimate of drug-likeness (QED) is 0.196. The Hall–Kier alpha value is -4.64. The molecule has 0 fully saturated rings. The summed E-state index contributed by atoms with van der Waals surface area (Å²) in [6, 6.07) is 16.6. The molecule has 0 unspecified atom stereocenters. The van der Waals surface area contributed by atoms with Crippen molar-refractivity contribution in [3.05, 3.63) is 72.1 Å². The van der Waals surface area contributed by atoms with Crippen LogP contribution < -0.4 is 0 Å². The minimum absolute atomic E-state index is 0. The van der Waals surface area contributed by atoms with E-state index in [-0.39, 0.29) is 56.0 Å². The molecule has 7 aromatic rings. The third-order valence-corrected chi connectivity index (χ3v) is 5.86. The maximum Gasteiger partial charge on any atom is 0.182 e. The van der Waals surface area contributed by atoms with Crippen LogP contribution in [-0.4, -0.2) is 81.7 Å². The third kappa shape index (κ3) is 7.54. The number of rotatable bonds is 0. The molecule has 12 bridgehead atoms. The summed E-state index contributed by atoms with van der Waals surface area (Å²) in [4.78, 5) is 55.7. The summed E-state index contributed by atoms with van der Waals surface area (Å²) >= 11 is 0. The Morgan fingerprint density at radius 3 is 0.644 bits per heavy atom. The third-order valence-electron chi connectivity index (χ3n) is 5.86. The second-order valence-electron chi connectivity index (χ2n) is 8.81. The zero-order valence-electron chi connectivity index (χ0n) is 23.7. The summed E-state index contributed by atoms with van der Waals surface area (Å²) in [5.74, 6) is 1.60. The summed E-state index contributed by atoms with van der Waals surface area (Å²) in [6.45, 7) is 5.41. The fourth-order valence-electron chi connectivity index (χ4n) is 4.18. The van der Waals surface area contributed by atoms with Gasteiger partial charge < -0.3 is 21.9 Å². The second kappa shape index (κ2) is 15.4. The van der Waals surface area contributed by atoms with Crippen molar-refractivity contribution < 1.29 is 56.0 Å². The SMILES string of the molecule is Cc1nc2nc(n1)c1cccc(n1)c1nc(C)nc(n1)c1cccc(n1)c1nc(C)nc(n1)c1cccc2n1.O.O.O.O.[Cu].[Cu]. The molecular formula is C27H26Cu2N12O4. The van der Waals surface area contributed by atoms with Gasteiger partial charge in [-0.1, -0.05) is 18.2 Å². The Morgan fingerprint density at radius 1 is 0.289 bits per heavy atom. The molecule has 0 aliphatic carbocycles. The van der Waals surface area contributed by atoms with Crippen molar-refractivity contribution in [2.45, 2.75) is 20.8 Å². The summed E-state index contributed by atoms with van der Waals surface area (Å²) in [7, 11) is 0. The molecule has 0 aliphatic heterocycles. The van der Waals surface area contributed by atoms with Crippen LogP contribution in [0.5, 0.6) is 0 Å². The molecule has 0 spiro atoms. The van der Waals surface area contributed by atoms with Crippen LogP contribution in [0.3, 0.4) is 0 Å². The zero-order valence-corrected chi connectivity index (χ0v) is 25.5. The van der Waals surface area contributed by atoms with Gasteiger partial charge in [0.1, 0.15) is 50.6 Å². The number of hydrogen-bond acceptors (Lipinski definition) is 12. The van der Waals surface area contributed by atoms with E-state index in [4.69, 9.17) is 29.9 Å². The predicted octanol–water partition coefficient (Wildman–Crippen LogP) is 0.654. The van der Waals surface area contributed by atoms with Gasteiger partial charge in [-0.05, 0) is 57.2 Å². The molecule has 8 N–H and O–H groups in total. The Morgan fingerprint density at radius 2 is 0.467 bits per heavy atom. The van der Waals surface area contributed by atoms with Crippen molar-refractivity contribution in [3.63, 3.8) is 0 Å². The van der Waals surface area contributed by atoms with Crippen LogP contribution in [0.25, 0.3) is 67.0 Å². The first-order valence-electron chi connectivity index (χ1n) is 12.1. The van der Waals surface area contributed by atoms with Crippen LogP contribution in [0.4, 0.5) is 0 Å². The first-order chi connectivity index (χ1) is 19.0. The fourth-order valence-corrected chi connectivity index (χ4v) is 4.18. The molecule has 7 heterocycles. The van der Waals surface area contributed by atoms with Gasteiger partial charge in [0.2, 0.25) is 0 Å². The molecule has 18 heteroatoms. The van der Waals surface area contributed by atoms with Crippen LogP contribution in [0, 0.1) is 20.8 Å². The summed E-state index contributed by atoms with van der Waals surface area (Å²) in [5.41, 5.74) is 5.75. The second-order valence-corrected chi connectivity index (χ2v) is 8.81. The van der Waals surface area contributed by atoms with Crippen molar-refractivity contribution in [2.75, 3.05) is 0 Å². The normalized spacial score (nSPS) is 9.93.